The molecule has 1 atom stereocenters. The van der Waals surface area contributed by atoms with E-state index in [1.807, 2.05) is 0 Å². The molecule has 0 radical (unpaired) electrons. The van der Waals surface area contributed by atoms with Gasteiger partial charge in [0.2, 0.25) is 27.6 Å². The van der Waals surface area contributed by atoms with Crippen LogP contribution in [0, 0.1) is 11.3 Å². The molecule has 3 rings (SSSR count). The Morgan fingerprint density at radius 3 is 2.28 bits per heavy atom. The fourth-order valence-corrected chi connectivity index (χ4v) is 5.98. The third-order valence-corrected chi connectivity index (χ3v) is 9.20. The molecule has 0 spiro atoms. The maximum Gasteiger partial charge on any atom is 0.287 e. The van der Waals surface area contributed by atoms with E-state index in [4.69, 9.17) is 0 Å². The van der Waals surface area contributed by atoms with Crippen LogP contribution in [-0.4, -0.2) is 91.9 Å². The number of rotatable bonds is 12. The number of anilines is 1. The van der Waals surface area contributed by atoms with Gasteiger partial charge in [-0.05, 0) is 49.4 Å². The largest absolute Gasteiger partial charge is 0.396 e. The minimum atomic E-state index is -3.70. The second-order valence-corrected chi connectivity index (χ2v) is 12.7. The van der Waals surface area contributed by atoms with Crippen LogP contribution >= 0.6 is 0 Å². The highest BCUT2D eigenvalue weighted by molar-refractivity contribution is 7.89. The van der Waals surface area contributed by atoms with Crippen molar-refractivity contribution >= 4 is 39.2 Å². The molecule has 2 fully saturated rings. The van der Waals surface area contributed by atoms with Crippen molar-refractivity contribution in [3.8, 4) is 0 Å². The van der Waals surface area contributed by atoms with Crippen LogP contribution in [0.25, 0.3) is 0 Å². The van der Waals surface area contributed by atoms with Crippen molar-refractivity contribution in [1.82, 2.24) is 14.9 Å². The number of sulfonamides is 1. The van der Waals surface area contributed by atoms with Crippen LogP contribution in [0.2, 0.25) is 0 Å². The van der Waals surface area contributed by atoms with Crippen LogP contribution in [0.3, 0.4) is 0 Å². The standard InChI is InChI=1S/C26H38N4O8S/c1-26(2,17-31)23(34)25(36)27-12-9-21(32)24(35)28-16-18-10-14-29(15-11-18)39(37,38)20-7-5-19(6-8-20)30-13-3-4-22(30)33/h5-8,18,23,31,34H,3-4,9-17H2,1-2H3,(H,27,36)(H,28,35). The summed E-state index contributed by atoms with van der Waals surface area (Å²) in [6, 6.07) is 6.34. The van der Waals surface area contributed by atoms with Gasteiger partial charge in [0.15, 0.2) is 0 Å². The normalized spacial score (nSPS) is 18.2. The van der Waals surface area contributed by atoms with Gasteiger partial charge in [0.25, 0.3) is 5.91 Å². The maximum atomic E-state index is 13.1. The van der Waals surface area contributed by atoms with E-state index in [1.54, 1.807) is 17.0 Å². The molecule has 216 valence electrons. The average Bonchev–Trinajstić information content (AvgIpc) is 3.37. The maximum absolute atomic E-state index is 13.1. The number of Topliss-reactive ketones (excluding diaryl/α,β-unsaturated/α-hetero) is 1. The lowest BCUT2D eigenvalue weighted by Crippen LogP contribution is -2.46. The van der Waals surface area contributed by atoms with Crippen molar-refractivity contribution < 1.29 is 37.8 Å². The van der Waals surface area contributed by atoms with Gasteiger partial charge in [0.05, 0.1) is 11.5 Å². The Labute approximate surface area is 228 Å². The summed E-state index contributed by atoms with van der Waals surface area (Å²) in [5.74, 6) is -2.20. The second kappa shape index (κ2) is 13.0. The number of hydrogen-bond donors (Lipinski definition) is 4. The lowest BCUT2D eigenvalue weighted by molar-refractivity contribution is -0.139. The molecule has 4 N–H and O–H groups in total. The van der Waals surface area contributed by atoms with Gasteiger partial charge in [0.1, 0.15) is 6.10 Å². The van der Waals surface area contributed by atoms with Crippen molar-refractivity contribution in [2.45, 2.75) is 57.0 Å². The number of ketones is 1. The summed E-state index contributed by atoms with van der Waals surface area (Å²) in [7, 11) is -3.70. The molecular weight excluding hydrogens is 528 g/mol. The Kier molecular flexibility index (Phi) is 10.2. The number of benzene rings is 1. The first-order valence-corrected chi connectivity index (χ1v) is 14.6. The number of aliphatic hydroxyl groups is 2. The van der Waals surface area contributed by atoms with E-state index in [0.29, 0.717) is 31.5 Å². The minimum absolute atomic E-state index is 0.00678. The zero-order valence-corrected chi connectivity index (χ0v) is 23.2. The number of carbonyl (C=O) groups excluding carboxylic acids is 4. The van der Waals surface area contributed by atoms with Gasteiger partial charge in [0, 0.05) is 56.7 Å². The van der Waals surface area contributed by atoms with Gasteiger partial charge in [-0.1, -0.05) is 13.8 Å². The number of piperidine rings is 1. The molecule has 2 heterocycles. The van der Waals surface area contributed by atoms with E-state index in [1.165, 1.54) is 30.3 Å². The summed E-state index contributed by atoms with van der Waals surface area (Å²) < 4.78 is 27.6. The minimum Gasteiger partial charge on any atom is -0.396 e. The summed E-state index contributed by atoms with van der Waals surface area (Å²) in [6.45, 7) is 3.93. The molecule has 0 bridgehead atoms. The van der Waals surface area contributed by atoms with Crippen molar-refractivity contribution in [3.63, 3.8) is 0 Å². The summed E-state index contributed by atoms with van der Waals surface area (Å²) in [5.41, 5.74) is -0.356. The number of amides is 3. The molecule has 3 amide bonds. The molecule has 2 aliphatic rings. The Bertz CT molecular complexity index is 1160. The fourth-order valence-electron chi connectivity index (χ4n) is 4.51. The van der Waals surface area contributed by atoms with E-state index in [0.717, 1.165) is 6.42 Å². The van der Waals surface area contributed by atoms with E-state index in [2.05, 4.69) is 10.6 Å². The molecule has 39 heavy (non-hydrogen) atoms. The second-order valence-electron chi connectivity index (χ2n) is 10.7. The summed E-state index contributed by atoms with van der Waals surface area (Å²) in [5, 5.41) is 24.2. The first-order valence-electron chi connectivity index (χ1n) is 13.1. The van der Waals surface area contributed by atoms with Gasteiger partial charge in [-0.3, -0.25) is 19.2 Å². The third kappa shape index (κ3) is 7.62. The zero-order valence-electron chi connectivity index (χ0n) is 22.4. The lowest BCUT2D eigenvalue weighted by atomic mass is 9.87. The molecule has 0 aliphatic carbocycles. The Morgan fingerprint density at radius 1 is 1.08 bits per heavy atom. The predicted octanol–water partition coefficient (Wildman–Crippen LogP) is -0.215. The van der Waals surface area contributed by atoms with Gasteiger partial charge in [-0.25, -0.2) is 8.42 Å². The number of nitrogens with one attached hydrogen (secondary N) is 2. The third-order valence-electron chi connectivity index (χ3n) is 7.29. The van der Waals surface area contributed by atoms with Gasteiger partial charge in [-0.15, -0.1) is 0 Å². The lowest BCUT2D eigenvalue weighted by Gasteiger charge is -2.31. The van der Waals surface area contributed by atoms with E-state index in [9.17, 15) is 37.8 Å². The first kappa shape index (κ1) is 30.7. The molecular formula is C26H38N4O8S. The molecule has 12 nitrogen and oxygen atoms in total. The zero-order chi connectivity index (χ0) is 28.8. The predicted molar refractivity (Wildman–Crippen MR) is 142 cm³/mol. The molecule has 2 saturated heterocycles. The molecule has 2 aliphatic heterocycles. The molecule has 1 aromatic carbocycles. The average molecular weight is 567 g/mol. The van der Waals surface area contributed by atoms with Gasteiger partial charge < -0.3 is 25.7 Å². The van der Waals surface area contributed by atoms with Crippen molar-refractivity contribution in [2.24, 2.45) is 11.3 Å². The van der Waals surface area contributed by atoms with E-state index < -0.39 is 45.7 Å². The molecule has 1 aromatic rings. The van der Waals surface area contributed by atoms with Gasteiger partial charge >= 0.3 is 0 Å². The summed E-state index contributed by atoms with van der Waals surface area (Å²) >= 11 is 0. The first-order chi connectivity index (χ1) is 18.4. The smallest absolute Gasteiger partial charge is 0.287 e. The number of aliphatic hydroxyl groups excluding tert-OH is 2. The summed E-state index contributed by atoms with van der Waals surface area (Å²) in [6.07, 6.45) is 0.617. The topological polar surface area (TPSA) is 173 Å². The van der Waals surface area contributed by atoms with E-state index in [-0.39, 0.29) is 49.3 Å². The monoisotopic (exact) mass is 566 g/mol. The fraction of sp³-hybridized carbons (Fsp3) is 0.615. The van der Waals surface area contributed by atoms with Crippen LogP contribution in [0.4, 0.5) is 5.69 Å². The highest BCUT2D eigenvalue weighted by Crippen LogP contribution is 2.27. The molecule has 13 heteroatoms. The summed E-state index contributed by atoms with van der Waals surface area (Å²) in [4.78, 5) is 50.0. The van der Waals surface area contributed by atoms with Crippen LogP contribution in [0.5, 0.6) is 0 Å². The van der Waals surface area contributed by atoms with Crippen molar-refractivity contribution in [2.75, 3.05) is 44.2 Å². The Balaban J connectivity index is 1.40. The Hall–Kier alpha value is -2.87. The van der Waals surface area contributed by atoms with Crippen LogP contribution in [0.15, 0.2) is 29.2 Å². The molecule has 0 saturated carbocycles. The van der Waals surface area contributed by atoms with Gasteiger partial charge in [-0.2, -0.15) is 4.31 Å². The van der Waals surface area contributed by atoms with E-state index >= 15 is 0 Å². The number of carbonyl (C=O) groups is 4. The molecule has 0 aromatic heterocycles. The molecule has 1 unspecified atom stereocenters. The Morgan fingerprint density at radius 2 is 1.72 bits per heavy atom. The van der Waals surface area contributed by atoms with Crippen LogP contribution < -0.4 is 15.5 Å². The van der Waals surface area contributed by atoms with Crippen molar-refractivity contribution in [3.05, 3.63) is 24.3 Å². The van der Waals surface area contributed by atoms with Crippen LogP contribution in [0.1, 0.15) is 46.0 Å². The SMILES string of the molecule is CC(C)(CO)C(O)C(=O)NCCC(=O)C(=O)NCC1CCN(S(=O)(=O)c2ccc(N3CCCC3=O)cc2)CC1. The van der Waals surface area contributed by atoms with Crippen molar-refractivity contribution in [1.29, 1.82) is 0 Å². The number of hydrogen-bond acceptors (Lipinski definition) is 8. The quantitative estimate of drug-likeness (QED) is 0.251. The highest BCUT2D eigenvalue weighted by atomic mass is 32.2. The van der Waals surface area contributed by atoms with Crippen LogP contribution in [-0.2, 0) is 29.2 Å². The number of nitrogens with zero attached hydrogens (tertiary/aromatic N) is 2. The highest BCUT2D eigenvalue weighted by Gasteiger charge is 2.33.